The number of hydrogen-bond acceptors (Lipinski definition) is 5. The number of ether oxygens (including phenoxy) is 2. The van der Waals surface area contributed by atoms with E-state index in [9.17, 15) is 4.79 Å². The van der Waals surface area contributed by atoms with Gasteiger partial charge >= 0.3 is 0 Å². The Labute approximate surface area is 191 Å². The standard InChI is InChI=1S/C26H24N4O3/c1-16-23(25(31)28-17-9-5-4-6-10-17)24(19-15-18(32-2)13-14-22(19)33-3)30-21-12-8-7-11-20(21)29-26(30)27-16/h4-15,24H,1-3H3,(H,27,29)(H,28,31)/t24-/m1/s1. The predicted octanol–water partition coefficient (Wildman–Crippen LogP) is 4.98. The zero-order valence-electron chi connectivity index (χ0n) is 18.6. The summed E-state index contributed by atoms with van der Waals surface area (Å²) in [5, 5.41) is 6.37. The number of fused-ring (bicyclic) bond motifs is 3. The highest BCUT2D eigenvalue weighted by molar-refractivity contribution is 6.06. The second kappa shape index (κ2) is 8.35. The number of nitrogens with one attached hydrogen (secondary N) is 2. The maximum absolute atomic E-state index is 13.7. The van der Waals surface area contributed by atoms with Crippen LogP contribution in [0.5, 0.6) is 11.5 Å². The lowest BCUT2D eigenvalue weighted by molar-refractivity contribution is -0.113. The van der Waals surface area contributed by atoms with Crippen LogP contribution >= 0.6 is 0 Å². The van der Waals surface area contributed by atoms with Crippen LogP contribution in [0.3, 0.4) is 0 Å². The molecule has 0 unspecified atom stereocenters. The number of anilines is 2. The van der Waals surface area contributed by atoms with E-state index in [-0.39, 0.29) is 5.91 Å². The number of imidazole rings is 1. The first-order valence-electron chi connectivity index (χ1n) is 10.6. The normalized spacial score (nSPS) is 15.1. The highest BCUT2D eigenvalue weighted by atomic mass is 16.5. The van der Waals surface area contributed by atoms with Crippen LogP contribution in [-0.4, -0.2) is 29.7 Å². The summed E-state index contributed by atoms with van der Waals surface area (Å²) in [7, 11) is 3.25. The van der Waals surface area contributed by atoms with E-state index in [1.165, 1.54) is 0 Å². The van der Waals surface area contributed by atoms with E-state index in [2.05, 4.69) is 10.6 Å². The number of methoxy groups -OCH3 is 2. The molecule has 0 saturated heterocycles. The van der Waals surface area contributed by atoms with Crippen LogP contribution in [0.15, 0.2) is 84.1 Å². The molecule has 1 atom stereocenters. The Bertz CT molecular complexity index is 1380. The van der Waals surface area contributed by atoms with E-state index in [0.717, 1.165) is 28.0 Å². The van der Waals surface area contributed by atoms with Crippen LogP contribution in [0.25, 0.3) is 11.0 Å². The maximum Gasteiger partial charge on any atom is 0.255 e. The number of rotatable bonds is 5. The SMILES string of the molecule is COc1ccc(OC)c([C@@H]2C(C(=O)Nc3ccccc3)=C(C)Nc3nc4ccccc4n32)c1. The molecule has 1 aliphatic rings. The lowest BCUT2D eigenvalue weighted by Gasteiger charge is -2.31. The molecular formula is C26H24N4O3. The molecule has 1 aromatic heterocycles. The van der Waals surface area contributed by atoms with Gasteiger partial charge in [0.2, 0.25) is 5.95 Å². The van der Waals surface area contributed by atoms with Crippen molar-refractivity contribution in [3.8, 4) is 11.5 Å². The minimum atomic E-state index is -0.484. The molecule has 3 aromatic carbocycles. The summed E-state index contributed by atoms with van der Waals surface area (Å²) in [5.41, 5.74) is 4.57. The number of hydrogen-bond donors (Lipinski definition) is 2. The van der Waals surface area contributed by atoms with Crippen LogP contribution in [0.1, 0.15) is 18.5 Å². The number of para-hydroxylation sites is 3. The fourth-order valence-corrected chi connectivity index (χ4v) is 4.33. The minimum Gasteiger partial charge on any atom is -0.497 e. The van der Waals surface area contributed by atoms with Gasteiger partial charge in [-0.05, 0) is 49.4 Å². The Morgan fingerprint density at radius 2 is 1.76 bits per heavy atom. The van der Waals surface area contributed by atoms with Crippen molar-refractivity contribution in [3.63, 3.8) is 0 Å². The van der Waals surface area contributed by atoms with Crippen LogP contribution in [0.2, 0.25) is 0 Å². The third kappa shape index (κ3) is 3.57. The van der Waals surface area contributed by atoms with Gasteiger partial charge in [0.25, 0.3) is 5.91 Å². The lowest BCUT2D eigenvalue weighted by Crippen LogP contribution is -2.31. The third-order valence-corrected chi connectivity index (χ3v) is 5.84. The number of carbonyl (C=O) groups is 1. The molecule has 4 aromatic rings. The van der Waals surface area contributed by atoms with Crippen LogP contribution in [-0.2, 0) is 4.79 Å². The smallest absolute Gasteiger partial charge is 0.255 e. The molecule has 7 heteroatoms. The van der Waals surface area contributed by atoms with Gasteiger partial charge in [-0.2, -0.15) is 0 Å². The summed E-state index contributed by atoms with van der Waals surface area (Å²) in [6, 6.07) is 22.4. The molecule has 1 aliphatic heterocycles. The second-order valence-corrected chi connectivity index (χ2v) is 7.79. The molecule has 33 heavy (non-hydrogen) atoms. The van der Waals surface area contributed by atoms with Crippen molar-refractivity contribution in [1.29, 1.82) is 0 Å². The molecular weight excluding hydrogens is 416 g/mol. The van der Waals surface area contributed by atoms with E-state index >= 15 is 0 Å². The lowest BCUT2D eigenvalue weighted by atomic mass is 9.93. The highest BCUT2D eigenvalue weighted by Crippen LogP contribution is 2.43. The Hall–Kier alpha value is -4.26. The van der Waals surface area contributed by atoms with Crippen LogP contribution in [0.4, 0.5) is 11.6 Å². The molecule has 0 fully saturated rings. The van der Waals surface area contributed by atoms with Crippen molar-refractivity contribution in [2.75, 3.05) is 24.9 Å². The van der Waals surface area contributed by atoms with Gasteiger partial charge in [0.1, 0.15) is 11.5 Å². The maximum atomic E-state index is 13.7. The first-order chi connectivity index (χ1) is 16.1. The number of allylic oxidation sites excluding steroid dienone is 1. The Kier molecular flexibility index (Phi) is 5.22. The Morgan fingerprint density at radius 1 is 1.00 bits per heavy atom. The monoisotopic (exact) mass is 440 g/mol. The summed E-state index contributed by atoms with van der Waals surface area (Å²) >= 11 is 0. The molecule has 0 spiro atoms. The summed E-state index contributed by atoms with van der Waals surface area (Å²) in [4.78, 5) is 18.4. The van der Waals surface area contributed by atoms with E-state index in [0.29, 0.717) is 23.0 Å². The summed E-state index contributed by atoms with van der Waals surface area (Å²) in [5.74, 6) is 1.80. The topological polar surface area (TPSA) is 77.4 Å². The molecule has 7 nitrogen and oxygen atoms in total. The Morgan fingerprint density at radius 3 is 2.52 bits per heavy atom. The van der Waals surface area contributed by atoms with Crippen LogP contribution in [0, 0.1) is 0 Å². The molecule has 166 valence electrons. The van der Waals surface area contributed by atoms with Crippen molar-refractivity contribution in [3.05, 3.63) is 89.6 Å². The molecule has 0 bridgehead atoms. The van der Waals surface area contributed by atoms with Crippen molar-refractivity contribution in [1.82, 2.24) is 9.55 Å². The molecule has 0 radical (unpaired) electrons. The molecule has 1 amide bonds. The largest absolute Gasteiger partial charge is 0.497 e. The quantitative estimate of drug-likeness (QED) is 0.458. The number of aromatic nitrogens is 2. The second-order valence-electron chi connectivity index (χ2n) is 7.79. The van der Waals surface area contributed by atoms with E-state index in [1.54, 1.807) is 14.2 Å². The zero-order valence-corrected chi connectivity index (χ0v) is 18.6. The van der Waals surface area contributed by atoms with E-state index in [1.807, 2.05) is 84.3 Å². The van der Waals surface area contributed by atoms with Crippen molar-refractivity contribution < 1.29 is 14.3 Å². The van der Waals surface area contributed by atoms with Crippen LogP contribution < -0.4 is 20.1 Å². The van der Waals surface area contributed by atoms with Gasteiger partial charge in [-0.1, -0.05) is 30.3 Å². The molecule has 2 heterocycles. The van der Waals surface area contributed by atoms with E-state index in [4.69, 9.17) is 14.5 Å². The molecule has 5 rings (SSSR count). The number of amides is 1. The molecule has 0 saturated carbocycles. The average Bonchev–Trinajstić information content (AvgIpc) is 3.21. The fourth-order valence-electron chi connectivity index (χ4n) is 4.33. The summed E-state index contributed by atoms with van der Waals surface area (Å²) in [6.07, 6.45) is 0. The average molecular weight is 441 g/mol. The van der Waals surface area contributed by atoms with Gasteiger partial charge in [-0.3, -0.25) is 9.36 Å². The summed E-state index contributed by atoms with van der Waals surface area (Å²) < 4.78 is 13.3. The molecule has 0 aliphatic carbocycles. The van der Waals surface area contributed by atoms with Gasteiger partial charge in [-0.15, -0.1) is 0 Å². The highest BCUT2D eigenvalue weighted by Gasteiger charge is 2.36. The molecule has 2 N–H and O–H groups in total. The number of carbonyl (C=O) groups excluding carboxylic acids is 1. The predicted molar refractivity (Wildman–Crippen MR) is 129 cm³/mol. The van der Waals surface area contributed by atoms with Crippen molar-refractivity contribution >= 4 is 28.6 Å². The van der Waals surface area contributed by atoms with Crippen molar-refractivity contribution in [2.24, 2.45) is 0 Å². The van der Waals surface area contributed by atoms with Gasteiger partial charge in [-0.25, -0.2) is 4.98 Å². The number of benzene rings is 3. The first kappa shape index (κ1) is 20.6. The minimum absolute atomic E-state index is 0.204. The zero-order chi connectivity index (χ0) is 22.9. The van der Waals surface area contributed by atoms with Gasteiger partial charge in [0.15, 0.2) is 0 Å². The van der Waals surface area contributed by atoms with Gasteiger partial charge in [0, 0.05) is 16.9 Å². The van der Waals surface area contributed by atoms with Gasteiger partial charge in [0.05, 0.1) is 36.9 Å². The van der Waals surface area contributed by atoms with E-state index < -0.39 is 6.04 Å². The summed E-state index contributed by atoms with van der Waals surface area (Å²) in [6.45, 7) is 1.89. The fraction of sp³-hybridized carbons (Fsp3) is 0.154. The first-order valence-corrected chi connectivity index (χ1v) is 10.6. The van der Waals surface area contributed by atoms with Gasteiger partial charge < -0.3 is 20.1 Å². The van der Waals surface area contributed by atoms with Crippen molar-refractivity contribution in [2.45, 2.75) is 13.0 Å². The number of nitrogens with zero attached hydrogens (tertiary/aromatic N) is 2. The Balaban J connectivity index is 1.73. The third-order valence-electron chi connectivity index (χ3n) is 5.84.